The Kier molecular flexibility index (Phi) is 2.91. The van der Waals surface area contributed by atoms with Crippen LogP contribution in [0.4, 0.5) is 13.2 Å². The Balaban J connectivity index is 3.29. The molecule has 0 saturated carbocycles. The molecular formula is C9H8F3S. The van der Waals surface area contributed by atoms with Crippen molar-refractivity contribution < 1.29 is 13.2 Å². The number of thioether (sulfide) groups is 1. The second-order valence-corrected chi connectivity index (χ2v) is 3.36. The van der Waals surface area contributed by atoms with Crippen molar-refractivity contribution in [1.29, 1.82) is 0 Å². The van der Waals surface area contributed by atoms with Gasteiger partial charge >= 0.3 is 6.18 Å². The first kappa shape index (κ1) is 10.4. The Labute approximate surface area is 79.1 Å². The molecule has 0 saturated heterocycles. The van der Waals surface area contributed by atoms with E-state index in [4.69, 9.17) is 0 Å². The molecule has 1 aromatic rings. The van der Waals surface area contributed by atoms with Gasteiger partial charge < -0.3 is 0 Å². The first-order chi connectivity index (χ1) is 5.96. The second-order valence-electron chi connectivity index (χ2n) is 2.55. The SMILES string of the molecule is CSc1c(C)[c]ccc1C(F)(F)F. The highest BCUT2D eigenvalue weighted by molar-refractivity contribution is 7.98. The molecule has 0 heterocycles. The molecule has 0 N–H and O–H groups in total. The summed E-state index contributed by atoms with van der Waals surface area (Å²) in [6.07, 6.45) is -2.64. The van der Waals surface area contributed by atoms with Gasteiger partial charge in [-0.3, -0.25) is 0 Å². The zero-order valence-corrected chi connectivity index (χ0v) is 8.01. The summed E-state index contributed by atoms with van der Waals surface area (Å²) >= 11 is 1.10. The minimum absolute atomic E-state index is 0.259. The number of hydrogen-bond acceptors (Lipinski definition) is 1. The van der Waals surface area contributed by atoms with Crippen LogP contribution in [-0.2, 0) is 6.18 Å². The highest BCUT2D eigenvalue weighted by atomic mass is 32.2. The number of aryl methyl sites for hydroxylation is 1. The fourth-order valence-electron chi connectivity index (χ4n) is 1.08. The van der Waals surface area contributed by atoms with Gasteiger partial charge in [-0.05, 0) is 30.9 Å². The molecule has 1 rings (SSSR count). The number of rotatable bonds is 1. The Morgan fingerprint density at radius 1 is 1.38 bits per heavy atom. The zero-order chi connectivity index (χ0) is 10.1. The molecule has 0 nitrogen and oxygen atoms in total. The van der Waals surface area contributed by atoms with Gasteiger partial charge in [0.25, 0.3) is 0 Å². The van der Waals surface area contributed by atoms with Crippen LogP contribution in [0, 0.1) is 13.0 Å². The summed E-state index contributed by atoms with van der Waals surface area (Å²) in [5.74, 6) is 0. The highest BCUT2D eigenvalue weighted by Gasteiger charge is 2.33. The summed E-state index contributed by atoms with van der Waals surface area (Å²) < 4.78 is 37.2. The largest absolute Gasteiger partial charge is 0.417 e. The van der Waals surface area contributed by atoms with Crippen LogP contribution in [0.15, 0.2) is 17.0 Å². The van der Waals surface area contributed by atoms with E-state index in [0.29, 0.717) is 5.56 Å². The van der Waals surface area contributed by atoms with Crippen molar-refractivity contribution >= 4 is 11.8 Å². The average molecular weight is 205 g/mol. The zero-order valence-electron chi connectivity index (χ0n) is 7.20. The van der Waals surface area contributed by atoms with Crippen molar-refractivity contribution in [2.75, 3.05) is 6.26 Å². The quantitative estimate of drug-likeness (QED) is 0.632. The molecule has 0 atom stereocenters. The topological polar surface area (TPSA) is 0 Å². The van der Waals surface area contributed by atoms with Crippen LogP contribution in [0.3, 0.4) is 0 Å². The number of halogens is 3. The Bertz CT molecular complexity index is 304. The molecule has 0 aliphatic rings. The lowest BCUT2D eigenvalue weighted by Gasteiger charge is -2.12. The van der Waals surface area contributed by atoms with Crippen molar-refractivity contribution in [1.82, 2.24) is 0 Å². The monoisotopic (exact) mass is 205 g/mol. The predicted molar refractivity (Wildman–Crippen MR) is 46.8 cm³/mol. The smallest absolute Gasteiger partial charge is 0.166 e. The lowest BCUT2D eigenvalue weighted by atomic mass is 10.1. The van der Waals surface area contributed by atoms with Gasteiger partial charge in [-0.25, -0.2) is 0 Å². The molecule has 0 aliphatic carbocycles. The van der Waals surface area contributed by atoms with E-state index >= 15 is 0 Å². The van der Waals surface area contributed by atoms with Crippen LogP contribution in [0.25, 0.3) is 0 Å². The number of benzene rings is 1. The van der Waals surface area contributed by atoms with Gasteiger partial charge in [0.15, 0.2) is 0 Å². The average Bonchev–Trinajstić information content (AvgIpc) is 2.02. The summed E-state index contributed by atoms with van der Waals surface area (Å²) in [6.45, 7) is 1.63. The maximum Gasteiger partial charge on any atom is 0.417 e. The summed E-state index contributed by atoms with van der Waals surface area (Å²) in [5.41, 5.74) is -0.0291. The highest BCUT2D eigenvalue weighted by Crippen LogP contribution is 2.37. The van der Waals surface area contributed by atoms with Crippen molar-refractivity contribution in [3.05, 3.63) is 29.3 Å². The molecule has 0 aliphatic heterocycles. The molecule has 1 radical (unpaired) electrons. The third kappa shape index (κ3) is 2.18. The molecule has 71 valence electrons. The predicted octanol–water partition coefficient (Wildman–Crippen LogP) is 3.54. The maximum absolute atomic E-state index is 12.4. The maximum atomic E-state index is 12.4. The lowest BCUT2D eigenvalue weighted by Crippen LogP contribution is -2.07. The van der Waals surface area contributed by atoms with Crippen LogP contribution in [0.2, 0.25) is 0 Å². The van der Waals surface area contributed by atoms with Crippen LogP contribution < -0.4 is 0 Å². The van der Waals surface area contributed by atoms with Crippen molar-refractivity contribution in [2.45, 2.75) is 18.0 Å². The van der Waals surface area contributed by atoms with E-state index in [2.05, 4.69) is 6.07 Å². The van der Waals surface area contributed by atoms with Crippen molar-refractivity contribution in [2.24, 2.45) is 0 Å². The third-order valence-electron chi connectivity index (χ3n) is 1.64. The molecule has 0 amide bonds. The van der Waals surface area contributed by atoms with E-state index in [1.165, 1.54) is 6.07 Å². The number of hydrogen-bond donors (Lipinski definition) is 0. The fraction of sp³-hybridized carbons (Fsp3) is 0.333. The minimum Gasteiger partial charge on any atom is -0.166 e. The van der Waals surface area contributed by atoms with Gasteiger partial charge in [0, 0.05) is 4.90 Å². The van der Waals surface area contributed by atoms with Crippen LogP contribution in [0.1, 0.15) is 11.1 Å². The van der Waals surface area contributed by atoms with Gasteiger partial charge in [0.1, 0.15) is 0 Å². The standard InChI is InChI=1S/C9H8F3S/c1-6-4-3-5-7(8(6)13-2)9(10,11)12/h3,5H,1-2H3. The van der Waals surface area contributed by atoms with E-state index in [1.807, 2.05) is 0 Å². The minimum atomic E-state index is -4.27. The van der Waals surface area contributed by atoms with E-state index in [9.17, 15) is 13.2 Å². The molecular weight excluding hydrogens is 197 g/mol. The van der Waals surface area contributed by atoms with Crippen molar-refractivity contribution in [3.8, 4) is 0 Å². The first-order valence-corrected chi connectivity index (χ1v) is 4.81. The number of alkyl halides is 3. The molecule has 4 heteroatoms. The molecule has 0 aromatic heterocycles. The molecule has 0 spiro atoms. The van der Waals surface area contributed by atoms with E-state index in [1.54, 1.807) is 13.2 Å². The molecule has 0 bridgehead atoms. The second kappa shape index (κ2) is 3.62. The first-order valence-electron chi connectivity index (χ1n) is 3.59. The summed E-state index contributed by atoms with van der Waals surface area (Å²) in [4.78, 5) is 0.259. The Morgan fingerprint density at radius 2 is 2.00 bits per heavy atom. The van der Waals surface area contributed by atoms with Crippen LogP contribution in [0.5, 0.6) is 0 Å². The van der Waals surface area contributed by atoms with Gasteiger partial charge in [-0.1, -0.05) is 6.07 Å². The summed E-state index contributed by atoms with van der Waals surface area (Å²) in [6, 6.07) is 5.10. The summed E-state index contributed by atoms with van der Waals surface area (Å²) in [7, 11) is 0. The Morgan fingerprint density at radius 3 is 2.38 bits per heavy atom. The van der Waals surface area contributed by atoms with Gasteiger partial charge in [0.2, 0.25) is 0 Å². The van der Waals surface area contributed by atoms with Crippen LogP contribution in [-0.4, -0.2) is 6.26 Å². The van der Waals surface area contributed by atoms with E-state index in [-0.39, 0.29) is 4.90 Å². The van der Waals surface area contributed by atoms with Gasteiger partial charge in [0.05, 0.1) is 5.56 Å². The Hall–Kier alpha value is -0.640. The van der Waals surface area contributed by atoms with Crippen molar-refractivity contribution in [3.63, 3.8) is 0 Å². The molecule has 1 aromatic carbocycles. The van der Waals surface area contributed by atoms with E-state index < -0.39 is 11.7 Å². The fourth-order valence-corrected chi connectivity index (χ4v) is 1.85. The van der Waals surface area contributed by atoms with Gasteiger partial charge in [-0.2, -0.15) is 13.2 Å². The van der Waals surface area contributed by atoms with Gasteiger partial charge in [-0.15, -0.1) is 11.8 Å². The molecule has 13 heavy (non-hydrogen) atoms. The van der Waals surface area contributed by atoms with Crippen LogP contribution >= 0.6 is 11.8 Å². The third-order valence-corrected chi connectivity index (χ3v) is 2.58. The van der Waals surface area contributed by atoms with E-state index in [0.717, 1.165) is 17.8 Å². The lowest BCUT2D eigenvalue weighted by molar-refractivity contribution is -0.139. The molecule has 0 unspecified atom stereocenters. The normalized spacial score (nSPS) is 11.8. The summed E-state index contributed by atoms with van der Waals surface area (Å²) in [5, 5.41) is 0. The molecule has 0 fully saturated rings.